The molecule has 0 spiro atoms. The van der Waals surface area contributed by atoms with Crippen molar-refractivity contribution in [2.24, 2.45) is 0 Å². The second kappa shape index (κ2) is 7.22. The number of aryl methyl sites for hydroxylation is 1. The molecule has 0 heterocycles. The first kappa shape index (κ1) is 16.2. The van der Waals surface area contributed by atoms with Gasteiger partial charge in [0, 0.05) is 16.8 Å². The lowest BCUT2D eigenvalue weighted by molar-refractivity contribution is -0.135. The van der Waals surface area contributed by atoms with E-state index in [9.17, 15) is 14.4 Å². The van der Waals surface area contributed by atoms with Crippen molar-refractivity contribution < 1.29 is 19.5 Å². The molecule has 23 heavy (non-hydrogen) atoms. The van der Waals surface area contributed by atoms with E-state index < -0.39 is 18.4 Å². The van der Waals surface area contributed by atoms with E-state index in [-0.39, 0.29) is 5.91 Å². The van der Waals surface area contributed by atoms with Crippen molar-refractivity contribution in [3.8, 4) is 0 Å². The molecule has 0 radical (unpaired) electrons. The lowest BCUT2D eigenvalue weighted by Crippen LogP contribution is -2.29. The third kappa shape index (κ3) is 4.41. The van der Waals surface area contributed by atoms with E-state index >= 15 is 0 Å². The molecule has 0 aromatic heterocycles. The van der Waals surface area contributed by atoms with Crippen LogP contribution in [-0.2, 0) is 4.79 Å². The molecule has 0 saturated heterocycles. The van der Waals surface area contributed by atoms with Gasteiger partial charge in [0.15, 0.2) is 0 Å². The number of amides is 2. The lowest BCUT2D eigenvalue weighted by atomic mass is 10.1. The summed E-state index contributed by atoms with van der Waals surface area (Å²) in [6.07, 6.45) is 0. The Bertz CT molecular complexity index is 739. The summed E-state index contributed by atoms with van der Waals surface area (Å²) in [5.41, 5.74) is 2.32. The molecule has 0 saturated carbocycles. The smallest absolute Gasteiger partial charge is 0.322 e. The van der Waals surface area contributed by atoms with Gasteiger partial charge in [0.1, 0.15) is 6.54 Å². The van der Waals surface area contributed by atoms with Crippen molar-refractivity contribution in [1.82, 2.24) is 5.32 Å². The van der Waals surface area contributed by atoms with E-state index in [1.807, 2.05) is 19.1 Å². The zero-order chi connectivity index (χ0) is 16.8. The number of carbonyl (C=O) groups excluding carboxylic acids is 2. The van der Waals surface area contributed by atoms with E-state index in [1.165, 1.54) is 12.1 Å². The minimum Gasteiger partial charge on any atom is -0.480 e. The Morgan fingerprint density at radius 2 is 1.61 bits per heavy atom. The van der Waals surface area contributed by atoms with Crippen LogP contribution in [0, 0.1) is 6.92 Å². The van der Waals surface area contributed by atoms with Crippen molar-refractivity contribution in [2.45, 2.75) is 6.92 Å². The van der Waals surface area contributed by atoms with Crippen LogP contribution in [0.2, 0.25) is 0 Å². The normalized spacial score (nSPS) is 9.96. The molecular weight excluding hydrogens is 296 g/mol. The molecule has 0 unspecified atom stereocenters. The Kier molecular flexibility index (Phi) is 5.09. The highest BCUT2D eigenvalue weighted by Crippen LogP contribution is 2.13. The van der Waals surface area contributed by atoms with Crippen molar-refractivity contribution in [1.29, 1.82) is 0 Å². The predicted molar refractivity (Wildman–Crippen MR) is 85.5 cm³/mol. The molecular formula is C17H16N2O4. The van der Waals surface area contributed by atoms with E-state index in [0.717, 1.165) is 5.56 Å². The molecule has 0 aliphatic rings. The fraction of sp³-hybridized carbons (Fsp3) is 0.118. The monoisotopic (exact) mass is 312 g/mol. The van der Waals surface area contributed by atoms with Crippen LogP contribution in [0.4, 0.5) is 5.69 Å². The molecule has 2 amide bonds. The second-order valence-electron chi connectivity index (χ2n) is 4.92. The first-order chi connectivity index (χ1) is 11.0. The predicted octanol–water partition coefficient (Wildman–Crippen LogP) is 2.06. The molecule has 3 N–H and O–H groups in total. The quantitative estimate of drug-likeness (QED) is 0.787. The van der Waals surface area contributed by atoms with Gasteiger partial charge in [-0.3, -0.25) is 14.4 Å². The molecule has 0 atom stereocenters. The maximum Gasteiger partial charge on any atom is 0.322 e. The van der Waals surface area contributed by atoms with E-state index in [1.54, 1.807) is 24.3 Å². The SMILES string of the molecule is Cc1ccccc1C(=O)Nc1ccc(C(=O)NCC(=O)O)cc1. The van der Waals surface area contributed by atoms with Crippen LogP contribution in [0.1, 0.15) is 26.3 Å². The van der Waals surface area contributed by atoms with Crippen LogP contribution in [-0.4, -0.2) is 29.4 Å². The summed E-state index contributed by atoms with van der Waals surface area (Å²) >= 11 is 0. The van der Waals surface area contributed by atoms with Gasteiger partial charge in [-0.1, -0.05) is 18.2 Å². The van der Waals surface area contributed by atoms with E-state index in [0.29, 0.717) is 16.8 Å². The molecule has 0 fully saturated rings. The number of nitrogens with one attached hydrogen (secondary N) is 2. The largest absolute Gasteiger partial charge is 0.480 e. The van der Waals surface area contributed by atoms with Crippen LogP contribution in [0.3, 0.4) is 0 Å². The summed E-state index contributed by atoms with van der Waals surface area (Å²) in [6.45, 7) is 1.41. The maximum absolute atomic E-state index is 12.2. The van der Waals surface area contributed by atoms with E-state index in [2.05, 4.69) is 10.6 Å². The zero-order valence-corrected chi connectivity index (χ0v) is 12.5. The van der Waals surface area contributed by atoms with Gasteiger partial charge in [-0.25, -0.2) is 0 Å². The summed E-state index contributed by atoms with van der Waals surface area (Å²) in [7, 11) is 0. The molecule has 2 aromatic rings. The number of carboxylic acids is 1. The number of rotatable bonds is 5. The fourth-order valence-electron chi connectivity index (χ4n) is 1.99. The van der Waals surface area contributed by atoms with Crippen molar-refractivity contribution in [2.75, 3.05) is 11.9 Å². The summed E-state index contributed by atoms with van der Waals surface area (Å²) in [6, 6.07) is 13.4. The number of hydrogen-bond donors (Lipinski definition) is 3. The van der Waals surface area contributed by atoms with Crippen LogP contribution >= 0.6 is 0 Å². The first-order valence-electron chi connectivity index (χ1n) is 6.94. The van der Waals surface area contributed by atoms with Gasteiger partial charge in [0.2, 0.25) is 0 Å². The van der Waals surface area contributed by atoms with Gasteiger partial charge >= 0.3 is 5.97 Å². The standard InChI is InChI=1S/C17H16N2O4/c1-11-4-2-3-5-14(11)17(23)19-13-8-6-12(7-9-13)16(22)18-10-15(20)21/h2-9H,10H2,1H3,(H,18,22)(H,19,23)(H,20,21). The number of anilines is 1. The van der Waals surface area contributed by atoms with E-state index in [4.69, 9.17) is 5.11 Å². The summed E-state index contributed by atoms with van der Waals surface area (Å²) in [5, 5.41) is 13.5. The highest BCUT2D eigenvalue weighted by atomic mass is 16.4. The van der Waals surface area contributed by atoms with Crippen LogP contribution in [0.5, 0.6) is 0 Å². The van der Waals surface area contributed by atoms with Gasteiger partial charge in [-0.05, 0) is 42.8 Å². The van der Waals surface area contributed by atoms with Crippen molar-refractivity contribution in [3.05, 3.63) is 65.2 Å². The fourth-order valence-corrected chi connectivity index (χ4v) is 1.99. The number of benzene rings is 2. The summed E-state index contributed by atoms with van der Waals surface area (Å²) < 4.78 is 0. The molecule has 0 aliphatic carbocycles. The molecule has 2 aromatic carbocycles. The van der Waals surface area contributed by atoms with Crippen LogP contribution in [0.15, 0.2) is 48.5 Å². The summed E-state index contributed by atoms with van der Waals surface area (Å²) in [4.78, 5) is 34.3. The highest BCUT2D eigenvalue weighted by Gasteiger charge is 2.10. The first-order valence-corrected chi connectivity index (χ1v) is 6.94. The molecule has 2 rings (SSSR count). The van der Waals surface area contributed by atoms with Crippen molar-refractivity contribution in [3.63, 3.8) is 0 Å². The summed E-state index contributed by atoms with van der Waals surface area (Å²) in [5.74, 6) is -1.82. The number of aliphatic carboxylic acids is 1. The minimum absolute atomic E-state index is 0.230. The minimum atomic E-state index is -1.11. The Balaban J connectivity index is 2.03. The van der Waals surface area contributed by atoms with Crippen LogP contribution in [0.25, 0.3) is 0 Å². The zero-order valence-electron chi connectivity index (χ0n) is 12.5. The molecule has 0 bridgehead atoms. The Hall–Kier alpha value is -3.15. The van der Waals surface area contributed by atoms with Crippen molar-refractivity contribution >= 4 is 23.5 Å². The average molecular weight is 312 g/mol. The molecule has 6 nitrogen and oxygen atoms in total. The van der Waals surface area contributed by atoms with Crippen LogP contribution < -0.4 is 10.6 Å². The molecule has 0 aliphatic heterocycles. The van der Waals surface area contributed by atoms with Gasteiger partial charge < -0.3 is 15.7 Å². The Morgan fingerprint density at radius 1 is 0.957 bits per heavy atom. The van der Waals surface area contributed by atoms with Gasteiger partial charge in [0.25, 0.3) is 11.8 Å². The van der Waals surface area contributed by atoms with Gasteiger partial charge in [-0.15, -0.1) is 0 Å². The Morgan fingerprint density at radius 3 is 2.22 bits per heavy atom. The third-order valence-corrected chi connectivity index (χ3v) is 3.19. The molecule has 118 valence electrons. The van der Waals surface area contributed by atoms with Gasteiger partial charge in [-0.2, -0.15) is 0 Å². The lowest BCUT2D eigenvalue weighted by Gasteiger charge is -2.08. The van der Waals surface area contributed by atoms with Gasteiger partial charge in [0.05, 0.1) is 0 Å². The molecule has 6 heteroatoms. The number of hydrogen-bond acceptors (Lipinski definition) is 3. The Labute approximate surface area is 133 Å². The highest BCUT2D eigenvalue weighted by molar-refractivity contribution is 6.05. The number of carbonyl (C=O) groups is 3. The maximum atomic E-state index is 12.2. The average Bonchev–Trinajstić information content (AvgIpc) is 2.53. The topological polar surface area (TPSA) is 95.5 Å². The second-order valence-corrected chi connectivity index (χ2v) is 4.92. The number of carboxylic acid groups (broad SMARTS) is 1. The third-order valence-electron chi connectivity index (χ3n) is 3.19.